The van der Waals surface area contributed by atoms with Crippen LogP contribution in [0, 0.1) is 12.7 Å². The largest absolute Gasteiger partial charge is 0.495 e. The summed E-state index contributed by atoms with van der Waals surface area (Å²) in [5.74, 6) is -1.30. The third-order valence-corrected chi connectivity index (χ3v) is 6.43. The summed E-state index contributed by atoms with van der Waals surface area (Å²) in [7, 11) is -2.31. The molecule has 0 atom stereocenters. The highest BCUT2D eigenvalue weighted by Crippen LogP contribution is 2.29. The number of carbonyl (C=O) groups is 2. The van der Waals surface area contributed by atoms with Crippen LogP contribution in [0.15, 0.2) is 65.6 Å². The van der Waals surface area contributed by atoms with E-state index in [0.717, 1.165) is 6.07 Å². The number of hydrogen-bond donors (Lipinski definition) is 3. The molecule has 0 aliphatic heterocycles. The van der Waals surface area contributed by atoms with Gasteiger partial charge in [0.15, 0.2) is 0 Å². The Labute approximate surface area is 197 Å². The van der Waals surface area contributed by atoms with Crippen LogP contribution in [0.5, 0.6) is 5.75 Å². The van der Waals surface area contributed by atoms with Crippen LogP contribution in [0.4, 0.5) is 15.8 Å². The Morgan fingerprint density at radius 2 is 1.74 bits per heavy atom. The summed E-state index contributed by atoms with van der Waals surface area (Å²) in [6, 6.07) is 14.1. The first-order valence-corrected chi connectivity index (χ1v) is 11.8. The Morgan fingerprint density at radius 1 is 0.971 bits per heavy atom. The highest BCUT2D eigenvalue weighted by atomic mass is 32.2. The number of nitrogens with one attached hydrogen (secondary N) is 3. The van der Waals surface area contributed by atoms with Crippen molar-refractivity contribution >= 4 is 33.2 Å². The third-order valence-electron chi connectivity index (χ3n) is 4.89. The number of sulfonamides is 1. The Hall–Kier alpha value is -3.76. The van der Waals surface area contributed by atoms with Gasteiger partial charge in [-0.2, -0.15) is 0 Å². The molecular formula is C24H24FN3O5S. The molecule has 0 aromatic heterocycles. The van der Waals surface area contributed by atoms with Crippen LogP contribution in [0.2, 0.25) is 0 Å². The van der Waals surface area contributed by atoms with E-state index in [9.17, 15) is 22.4 Å². The Kier molecular flexibility index (Phi) is 7.64. The fourth-order valence-corrected chi connectivity index (χ4v) is 4.26. The molecule has 2 amide bonds. The summed E-state index contributed by atoms with van der Waals surface area (Å²) in [6.07, 6.45) is 0. The molecule has 0 aliphatic carbocycles. The molecule has 3 N–H and O–H groups in total. The summed E-state index contributed by atoms with van der Waals surface area (Å²) in [5, 5.41) is 5.35. The van der Waals surface area contributed by atoms with Crippen LogP contribution in [0.3, 0.4) is 0 Å². The van der Waals surface area contributed by atoms with Crippen molar-refractivity contribution in [2.45, 2.75) is 18.7 Å². The molecule has 0 spiro atoms. The maximum absolute atomic E-state index is 13.5. The second-order valence-electron chi connectivity index (χ2n) is 7.31. The average Bonchev–Trinajstić information content (AvgIpc) is 2.79. The van der Waals surface area contributed by atoms with Gasteiger partial charge in [0, 0.05) is 23.4 Å². The van der Waals surface area contributed by atoms with E-state index in [4.69, 9.17) is 4.74 Å². The molecule has 34 heavy (non-hydrogen) atoms. The number of hydrogen-bond acceptors (Lipinski definition) is 5. The Balaban J connectivity index is 1.86. The minimum Gasteiger partial charge on any atom is -0.495 e. The minimum atomic E-state index is -3.74. The number of rotatable bonds is 8. The monoisotopic (exact) mass is 485 g/mol. The molecule has 0 radical (unpaired) electrons. The molecule has 0 bridgehead atoms. The van der Waals surface area contributed by atoms with Gasteiger partial charge in [-0.05, 0) is 61.0 Å². The fraction of sp³-hybridized carbons (Fsp3) is 0.167. The van der Waals surface area contributed by atoms with Crippen LogP contribution in [0.25, 0.3) is 0 Å². The minimum absolute atomic E-state index is 0.0251. The zero-order valence-corrected chi connectivity index (χ0v) is 19.6. The van der Waals surface area contributed by atoms with Crippen molar-refractivity contribution in [2.24, 2.45) is 0 Å². The number of aryl methyl sites for hydroxylation is 1. The first kappa shape index (κ1) is 24.9. The van der Waals surface area contributed by atoms with E-state index in [1.54, 1.807) is 32.0 Å². The van der Waals surface area contributed by atoms with E-state index >= 15 is 0 Å². The van der Waals surface area contributed by atoms with Gasteiger partial charge in [-0.25, -0.2) is 17.5 Å². The quantitative estimate of drug-likeness (QED) is 0.447. The molecule has 0 heterocycles. The SMILES string of the molecule is CCNS(=O)(=O)c1ccc(C)c(C(=O)Nc2ccc(OC)c(NC(=O)c3cccc(F)c3)c2)c1. The summed E-state index contributed by atoms with van der Waals surface area (Å²) >= 11 is 0. The van der Waals surface area contributed by atoms with Crippen LogP contribution in [-0.2, 0) is 10.0 Å². The van der Waals surface area contributed by atoms with Crippen molar-refractivity contribution < 1.29 is 27.1 Å². The fourth-order valence-electron chi connectivity index (χ4n) is 3.19. The van der Waals surface area contributed by atoms with Gasteiger partial charge < -0.3 is 15.4 Å². The lowest BCUT2D eigenvalue weighted by molar-refractivity contribution is 0.101. The van der Waals surface area contributed by atoms with Gasteiger partial charge in [-0.3, -0.25) is 9.59 Å². The zero-order chi connectivity index (χ0) is 24.9. The lowest BCUT2D eigenvalue weighted by Crippen LogP contribution is -2.24. The standard InChI is InChI=1S/C24H24FN3O5S/c1-4-26-34(31,32)19-10-8-15(2)20(14-19)24(30)27-18-9-11-22(33-3)21(13-18)28-23(29)16-6-5-7-17(25)12-16/h5-14,26H,4H2,1-3H3,(H,27,30)(H,28,29). The smallest absolute Gasteiger partial charge is 0.255 e. The van der Waals surface area contributed by atoms with E-state index < -0.39 is 27.7 Å². The van der Waals surface area contributed by atoms with Crippen molar-refractivity contribution in [2.75, 3.05) is 24.3 Å². The van der Waals surface area contributed by atoms with Gasteiger partial charge in [0.1, 0.15) is 11.6 Å². The van der Waals surface area contributed by atoms with Crippen molar-refractivity contribution in [1.29, 1.82) is 0 Å². The summed E-state index contributed by atoms with van der Waals surface area (Å²) in [4.78, 5) is 25.4. The maximum atomic E-state index is 13.5. The lowest BCUT2D eigenvalue weighted by Gasteiger charge is -2.14. The van der Waals surface area contributed by atoms with Crippen LogP contribution >= 0.6 is 0 Å². The molecule has 10 heteroatoms. The molecule has 0 saturated heterocycles. The van der Waals surface area contributed by atoms with E-state index in [2.05, 4.69) is 15.4 Å². The molecule has 0 unspecified atom stereocenters. The maximum Gasteiger partial charge on any atom is 0.255 e. The Morgan fingerprint density at radius 3 is 2.41 bits per heavy atom. The first-order valence-electron chi connectivity index (χ1n) is 10.3. The molecule has 0 saturated carbocycles. The van der Waals surface area contributed by atoms with Gasteiger partial charge in [0.2, 0.25) is 10.0 Å². The topological polar surface area (TPSA) is 114 Å². The van der Waals surface area contributed by atoms with Crippen LogP contribution in [-0.4, -0.2) is 33.9 Å². The molecule has 8 nitrogen and oxygen atoms in total. The van der Waals surface area contributed by atoms with Gasteiger partial charge in [-0.15, -0.1) is 0 Å². The normalized spacial score (nSPS) is 11.1. The molecule has 178 valence electrons. The second-order valence-corrected chi connectivity index (χ2v) is 9.08. The average molecular weight is 486 g/mol. The van der Waals surface area contributed by atoms with Crippen molar-refractivity contribution in [3.05, 3.63) is 83.2 Å². The Bertz CT molecular complexity index is 1340. The highest BCUT2D eigenvalue weighted by molar-refractivity contribution is 7.89. The molecule has 0 fully saturated rings. The molecule has 3 rings (SSSR count). The predicted octanol–water partition coefficient (Wildman–Crippen LogP) is 3.95. The predicted molar refractivity (Wildman–Crippen MR) is 127 cm³/mol. The third kappa shape index (κ3) is 5.77. The molecule has 3 aromatic rings. The van der Waals surface area contributed by atoms with E-state index in [1.807, 2.05) is 0 Å². The number of amides is 2. The van der Waals surface area contributed by atoms with Crippen molar-refractivity contribution in [1.82, 2.24) is 4.72 Å². The number of anilines is 2. The van der Waals surface area contributed by atoms with Crippen molar-refractivity contribution in [3.8, 4) is 5.75 Å². The van der Waals surface area contributed by atoms with Gasteiger partial charge in [0.25, 0.3) is 11.8 Å². The summed E-state index contributed by atoms with van der Waals surface area (Å²) in [6.45, 7) is 3.57. The number of methoxy groups -OCH3 is 1. The number of benzene rings is 3. The van der Waals surface area contributed by atoms with Gasteiger partial charge >= 0.3 is 0 Å². The van der Waals surface area contributed by atoms with Gasteiger partial charge in [0.05, 0.1) is 17.7 Å². The zero-order valence-electron chi connectivity index (χ0n) is 18.8. The first-order chi connectivity index (χ1) is 16.1. The number of halogens is 1. The van der Waals surface area contributed by atoms with Crippen LogP contribution in [0.1, 0.15) is 33.2 Å². The lowest BCUT2D eigenvalue weighted by atomic mass is 10.1. The number of ether oxygens (including phenoxy) is 1. The molecule has 0 aliphatic rings. The van der Waals surface area contributed by atoms with Crippen LogP contribution < -0.4 is 20.1 Å². The molecular weight excluding hydrogens is 461 g/mol. The van der Waals surface area contributed by atoms with E-state index in [0.29, 0.717) is 17.0 Å². The highest BCUT2D eigenvalue weighted by Gasteiger charge is 2.18. The second kappa shape index (κ2) is 10.4. The summed E-state index contributed by atoms with van der Waals surface area (Å²) in [5.41, 5.74) is 1.47. The summed E-state index contributed by atoms with van der Waals surface area (Å²) < 4.78 is 45.8. The van der Waals surface area contributed by atoms with Gasteiger partial charge in [-0.1, -0.05) is 19.1 Å². The van der Waals surface area contributed by atoms with E-state index in [1.165, 1.54) is 43.5 Å². The van der Waals surface area contributed by atoms with E-state index in [-0.39, 0.29) is 28.3 Å². The number of carbonyl (C=O) groups excluding carboxylic acids is 2. The molecule has 3 aromatic carbocycles. The van der Waals surface area contributed by atoms with Crippen molar-refractivity contribution in [3.63, 3.8) is 0 Å².